The molecule has 0 aromatic heterocycles. The van der Waals surface area contributed by atoms with Crippen LogP contribution in [0.5, 0.6) is 0 Å². The second-order valence-electron chi connectivity index (χ2n) is 17.5. The van der Waals surface area contributed by atoms with Crippen LogP contribution in [0.3, 0.4) is 0 Å². The van der Waals surface area contributed by atoms with Crippen LogP contribution in [0.15, 0.2) is 60.7 Å². The number of carbonyl (C=O) groups is 2. The fraction of sp³-hybridized carbons (Fsp3) is 0.667. The van der Waals surface area contributed by atoms with E-state index in [4.69, 9.17) is 9.16 Å². The average molecular weight is 689 g/mol. The van der Waals surface area contributed by atoms with Crippen LogP contribution in [0.25, 0.3) is 0 Å². The van der Waals surface area contributed by atoms with Crippen molar-refractivity contribution in [3.05, 3.63) is 60.7 Å². The Bertz CT molecular complexity index is 1380. The Kier molecular flexibility index (Phi) is 10.5. The van der Waals surface area contributed by atoms with Crippen molar-refractivity contribution in [2.45, 2.75) is 117 Å². The molecule has 6 heteroatoms. The van der Waals surface area contributed by atoms with Gasteiger partial charge < -0.3 is 9.16 Å². The van der Waals surface area contributed by atoms with Crippen LogP contribution in [0, 0.1) is 46.3 Å². The minimum absolute atomic E-state index is 0.0528. The number of hydrogen-bond acceptors (Lipinski definition) is 5. The normalized spacial score (nSPS) is 34.1. The van der Waals surface area contributed by atoms with Crippen LogP contribution in [0.1, 0.15) is 106 Å². The summed E-state index contributed by atoms with van der Waals surface area (Å²) in [6.45, 7) is 14.5. The molecule has 48 heavy (non-hydrogen) atoms. The van der Waals surface area contributed by atoms with Crippen molar-refractivity contribution in [3.8, 4) is 0 Å². The lowest BCUT2D eigenvalue weighted by molar-refractivity contribution is -0.160. The van der Waals surface area contributed by atoms with Crippen molar-refractivity contribution in [2.24, 2.45) is 46.3 Å². The third-order valence-corrected chi connectivity index (χ3v) is 19.5. The van der Waals surface area contributed by atoms with E-state index in [1.165, 1.54) is 23.2 Å². The highest BCUT2D eigenvalue weighted by atomic mass is 32.2. The van der Waals surface area contributed by atoms with Crippen LogP contribution in [0.2, 0.25) is 5.04 Å². The molecule has 4 saturated carbocycles. The molecule has 0 spiro atoms. The number of thioether (sulfide) groups is 1. The van der Waals surface area contributed by atoms with Gasteiger partial charge in [0, 0.05) is 24.9 Å². The Balaban J connectivity index is 1.20. The van der Waals surface area contributed by atoms with Crippen LogP contribution in [-0.2, 0) is 18.8 Å². The van der Waals surface area contributed by atoms with Crippen molar-refractivity contribution in [3.63, 3.8) is 0 Å². The number of Topliss-reactive ketones (excluding diaryl/α,β-unsaturated/α-hetero) is 1. The fourth-order valence-electron chi connectivity index (χ4n) is 11.7. The summed E-state index contributed by atoms with van der Waals surface area (Å²) in [7, 11) is -2.65. The van der Waals surface area contributed by atoms with Crippen molar-refractivity contribution in [1.82, 2.24) is 0 Å². The Morgan fingerprint density at radius 1 is 0.917 bits per heavy atom. The Morgan fingerprint density at radius 3 is 2.12 bits per heavy atom. The molecule has 0 bridgehead atoms. The van der Waals surface area contributed by atoms with E-state index in [1.54, 1.807) is 11.8 Å². The van der Waals surface area contributed by atoms with E-state index in [2.05, 4.69) is 102 Å². The molecule has 2 aromatic rings. The maximum atomic E-state index is 14.4. The van der Waals surface area contributed by atoms with E-state index in [-0.39, 0.29) is 33.9 Å². The van der Waals surface area contributed by atoms with E-state index in [9.17, 15) is 9.59 Å². The van der Waals surface area contributed by atoms with Crippen LogP contribution < -0.4 is 10.4 Å². The van der Waals surface area contributed by atoms with Gasteiger partial charge >= 0.3 is 5.97 Å². The molecule has 0 heterocycles. The quantitative estimate of drug-likeness (QED) is 0.142. The third-order valence-electron chi connectivity index (χ3n) is 14.1. The summed E-state index contributed by atoms with van der Waals surface area (Å²) in [5, 5.41) is 2.62. The summed E-state index contributed by atoms with van der Waals surface area (Å²) in [5.74, 6) is 3.48. The first-order chi connectivity index (χ1) is 22.8. The maximum Gasteiger partial charge on any atom is 0.306 e. The Morgan fingerprint density at radius 2 is 1.52 bits per heavy atom. The summed E-state index contributed by atoms with van der Waals surface area (Å²) >= 11 is 1.54. The highest BCUT2D eigenvalue weighted by Gasteiger charge is 2.63. The smallest absolute Gasteiger partial charge is 0.306 e. The average Bonchev–Trinajstić information content (AvgIpc) is 3.43. The largest absolute Gasteiger partial charge is 0.455 e. The summed E-state index contributed by atoms with van der Waals surface area (Å²) in [6.07, 6.45) is 12.1. The molecule has 6 rings (SSSR count). The van der Waals surface area contributed by atoms with Gasteiger partial charge in [-0.3, -0.25) is 9.59 Å². The van der Waals surface area contributed by atoms with Gasteiger partial charge in [0.15, 0.2) is 0 Å². The second-order valence-corrected chi connectivity index (χ2v) is 22.5. The predicted molar refractivity (Wildman–Crippen MR) is 201 cm³/mol. The maximum absolute atomic E-state index is 14.4. The van der Waals surface area contributed by atoms with Gasteiger partial charge in [0.25, 0.3) is 8.32 Å². The molecule has 0 N–H and O–H groups in total. The number of carbonyl (C=O) groups excluding carboxylic acids is 2. The Labute approximate surface area is 296 Å². The summed E-state index contributed by atoms with van der Waals surface area (Å²) in [6, 6.07) is 22.0. The number of hydrogen-bond donors (Lipinski definition) is 0. The number of ketones is 1. The predicted octanol–water partition coefficient (Wildman–Crippen LogP) is 9.05. The Hall–Kier alpha value is -1.89. The first-order valence-electron chi connectivity index (χ1n) is 18.8. The number of esters is 1. The molecule has 4 aliphatic carbocycles. The molecular weight excluding hydrogens is 629 g/mol. The van der Waals surface area contributed by atoms with Gasteiger partial charge in [-0.2, -0.15) is 0 Å². The number of benzene rings is 2. The van der Waals surface area contributed by atoms with Crippen LogP contribution in [-0.4, -0.2) is 38.4 Å². The lowest BCUT2D eigenvalue weighted by Crippen LogP contribution is -2.68. The molecule has 2 aromatic carbocycles. The summed E-state index contributed by atoms with van der Waals surface area (Å²) in [4.78, 5) is 26.7. The van der Waals surface area contributed by atoms with Gasteiger partial charge in [-0.15, -0.1) is 11.8 Å². The molecule has 4 nitrogen and oxygen atoms in total. The minimum atomic E-state index is -2.65. The second kappa shape index (κ2) is 14.0. The zero-order valence-corrected chi connectivity index (χ0v) is 32.5. The lowest BCUT2D eigenvalue weighted by Gasteiger charge is -2.61. The first kappa shape index (κ1) is 35.9. The van der Waals surface area contributed by atoms with Crippen molar-refractivity contribution in [1.29, 1.82) is 0 Å². The van der Waals surface area contributed by atoms with Crippen molar-refractivity contribution >= 4 is 42.2 Å². The minimum Gasteiger partial charge on any atom is -0.455 e. The molecule has 4 fully saturated rings. The highest BCUT2D eigenvalue weighted by Crippen LogP contribution is 2.68. The molecule has 0 unspecified atom stereocenters. The van der Waals surface area contributed by atoms with E-state index < -0.39 is 8.32 Å². The highest BCUT2D eigenvalue weighted by molar-refractivity contribution is 7.98. The molecule has 4 aliphatic rings. The van der Waals surface area contributed by atoms with E-state index in [1.807, 2.05) is 6.26 Å². The molecular formula is C42H60O4SSi. The third kappa shape index (κ3) is 6.29. The van der Waals surface area contributed by atoms with Crippen molar-refractivity contribution < 1.29 is 18.8 Å². The van der Waals surface area contributed by atoms with Crippen LogP contribution >= 0.6 is 11.8 Å². The lowest BCUT2D eigenvalue weighted by atomic mass is 9.44. The number of rotatable bonds is 10. The van der Waals surface area contributed by atoms with E-state index >= 15 is 0 Å². The number of ether oxygens (including phenoxy) is 1. The summed E-state index contributed by atoms with van der Waals surface area (Å²) in [5.41, 5.74) is 0.377. The van der Waals surface area contributed by atoms with Gasteiger partial charge in [0.2, 0.25) is 0 Å². The molecule has 0 aliphatic heterocycles. The van der Waals surface area contributed by atoms with Gasteiger partial charge in [0.05, 0.1) is 0 Å². The fourth-order valence-corrected chi connectivity index (χ4v) is 16.6. The summed E-state index contributed by atoms with van der Waals surface area (Å²) < 4.78 is 13.0. The van der Waals surface area contributed by atoms with E-state index in [0.29, 0.717) is 54.2 Å². The first-order valence-corrected chi connectivity index (χ1v) is 22.1. The van der Waals surface area contributed by atoms with Gasteiger partial charge in [0.1, 0.15) is 11.7 Å². The topological polar surface area (TPSA) is 52.6 Å². The molecule has 0 radical (unpaired) electrons. The molecule has 0 saturated heterocycles. The van der Waals surface area contributed by atoms with Crippen molar-refractivity contribution in [2.75, 3.05) is 12.2 Å². The van der Waals surface area contributed by atoms with Gasteiger partial charge in [-0.05, 0) is 113 Å². The zero-order valence-electron chi connectivity index (χ0n) is 30.6. The number of fused-ring (bicyclic) bond motifs is 5. The molecule has 0 amide bonds. The van der Waals surface area contributed by atoms with Gasteiger partial charge in [-0.25, -0.2) is 0 Å². The monoisotopic (exact) mass is 688 g/mol. The van der Waals surface area contributed by atoms with Gasteiger partial charge in [-0.1, -0.05) is 102 Å². The molecule has 262 valence electrons. The SMILES string of the molecule is CSCOC(=O)CC[C@@H](C)[C@H]1CC[C@H]2[C@@H]3C(=O)C[C@@H]4C[C@H](O[Si](c5ccccc5)(c5ccccc5)C(C)(C)C)CC[C@]4(C)[C@H]3CC[C@]12C. The molecule has 9 atom stereocenters. The standard InChI is InChI=1S/C42H60O4SSi/c1-29(18-21-38(44)45-28-47-7)34-19-20-35-39-36(23-25-42(34,35)6)41(5)24-22-31(26-30(41)27-37(39)43)46-48(40(2,3)4,32-14-10-8-11-15-32)33-16-12-9-13-17-33/h8-17,29-31,34-36,39H,18-28H2,1-7H3/t29-,30+,31-,34-,35+,36+,39+,41+,42-/m1/s1. The van der Waals surface area contributed by atoms with E-state index in [0.717, 1.165) is 38.5 Å². The zero-order chi connectivity index (χ0) is 34.3. The van der Waals surface area contributed by atoms with Crippen LogP contribution in [0.4, 0.5) is 0 Å².